The highest BCUT2D eigenvalue weighted by Crippen LogP contribution is 2.50. The summed E-state index contributed by atoms with van der Waals surface area (Å²) in [4.78, 5) is 0. The molecule has 7 heteroatoms. The van der Waals surface area contributed by atoms with Crippen LogP contribution in [-0.4, -0.2) is 27.7 Å². The number of hydrogen-bond acceptors (Lipinski definition) is 6. The highest BCUT2D eigenvalue weighted by atomic mass is 16.5. The highest BCUT2D eigenvalue weighted by Gasteiger charge is 2.36. The average Bonchev–Trinajstić information content (AvgIpc) is 3.27. The number of nitrogens with one attached hydrogen (secondary N) is 1. The fourth-order valence-corrected chi connectivity index (χ4v) is 3.85. The molecule has 0 aliphatic carbocycles. The van der Waals surface area contributed by atoms with Gasteiger partial charge in [-0.05, 0) is 28.1 Å². The maximum Gasteiger partial charge on any atom is 0.206 e. The molecule has 1 aliphatic rings. The minimum absolute atomic E-state index is 0.250. The van der Waals surface area contributed by atoms with E-state index in [2.05, 4.69) is 32.8 Å². The van der Waals surface area contributed by atoms with Crippen molar-refractivity contribution in [2.45, 2.75) is 5.92 Å². The Labute approximate surface area is 160 Å². The molecule has 1 atom stereocenters. The third-order valence-corrected chi connectivity index (χ3v) is 5.03. The van der Waals surface area contributed by atoms with Gasteiger partial charge in [0.05, 0.1) is 18.6 Å². The van der Waals surface area contributed by atoms with Gasteiger partial charge in [-0.2, -0.15) is 5.21 Å². The first-order valence-electron chi connectivity index (χ1n) is 8.84. The molecule has 0 spiro atoms. The Morgan fingerprint density at radius 3 is 2.68 bits per heavy atom. The molecule has 5 rings (SSSR count). The monoisotopic (exact) mass is 371 g/mol. The molecule has 1 unspecified atom stereocenters. The Kier molecular flexibility index (Phi) is 3.72. The number of benzene rings is 3. The third-order valence-electron chi connectivity index (χ3n) is 5.03. The Morgan fingerprint density at radius 1 is 1.04 bits per heavy atom. The molecule has 1 aliphatic heterocycles. The van der Waals surface area contributed by atoms with E-state index in [0.717, 1.165) is 27.6 Å². The van der Waals surface area contributed by atoms with E-state index in [1.165, 1.54) is 0 Å². The minimum Gasteiger partial charge on any atom is -0.496 e. The van der Waals surface area contributed by atoms with Gasteiger partial charge in [0.1, 0.15) is 11.5 Å². The van der Waals surface area contributed by atoms with Gasteiger partial charge in [0.2, 0.25) is 5.82 Å². The number of tetrazole rings is 1. The van der Waals surface area contributed by atoms with E-state index in [1.54, 1.807) is 7.11 Å². The molecule has 0 amide bonds. The summed E-state index contributed by atoms with van der Waals surface area (Å²) in [5.41, 5.74) is 8.95. The number of nitrogens with zero attached hydrogens (tertiary/aromatic N) is 3. The molecule has 138 valence electrons. The predicted octanol–water partition coefficient (Wildman–Crippen LogP) is 3.21. The summed E-state index contributed by atoms with van der Waals surface area (Å²) in [7, 11) is 1.66. The van der Waals surface area contributed by atoms with Crippen molar-refractivity contribution >= 4 is 16.3 Å². The zero-order valence-electron chi connectivity index (χ0n) is 15.1. The number of ether oxygens (including phenoxy) is 2. The SMILES string of the molecule is COc1ccccc1C1C(c2nn[nH]n2)=C(N)Oc2ccc3ccccc3c21. The lowest BCUT2D eigenvalue weighted by molar-refractivity contribution is 0.397. The van der Waals surface area contributed by atoms with Gasteiger partial charge >= 0.3 is 0 Å². The molecule has 0 saturated carbocycles. The Morgan fingerprint density at radius 2 is 1.86 bits per heavy atom. The molecule has 3 aromatic carbocycles. The first kappa shape index (κ1) is 16.3. The second-order valence-corrected chi connectivity index (χ2v) is 6.49. The third kappa shape index (κ3) is 2.40. The van der Waals surface area contributed by atoms with Crippen LogP contribution in [0.3, 0.4) is 0 Å². The molecule has 0 bridgehead atoms. The number of fused-ring (bicyclic) bond motifs is 3. The average molecular weight is 371 g/mol. The lowest BCUT2D eigenvalue weighted by Gasteiger charge is -2.30. The predicted molar refractivity (Wildman–Crippen MR) is 105 cm³/mol. The van der Waals surface area contributed by atoms with Crippen molar-refractivity contribution in [3.05, 3.63) is 83.5 Å². The summed E-state index contributed by atoms with van der Waals surface area (Å²) >= 11 is 0. The second-order valence-electron chi connectivity index (χ2n) is 6.49. The van der Waals surface area contributed by atoms with Gasteiger partial charge in [-0.15, -0.1) is 10.2 Å². The molecular formula is C21H17N5O2. The summed E-state index contributed by atoms with van der Waals surface area (Å²) in [6.45, 7) is 0. The number of methoxy groups -OCH3 is 1. The molecule has 4 aromatic rings. The van der Waals surface area contributed by atoms with Crippen LogP contribution in [0.4, 0.5) is 0 Å². The van der Waals surface area contributed by atoms with Crippen LogP contribution < -0.4 is 15.2 Å². The Bertz CT molecular complexity index is 1200. The van der Waals surface area contributed by atoms with E-state index in [0.29, 0.717) is 17.1 Å². The van der Waals surface area contributed by atoms with Gasteiger partial charge in [0.25, 0.3) is 0 Å². The van der Waals surface area contributed by atoms with E-state index >= 15 is 0 Å². The van der Waals surface area contributed by atoms with Gasteiger partial charge in [-0.25, -0.2) is 0 Å². The number of nitrogens with two attached hydrogens (primary N) is 1. The first-order chi connectivity index (χ1) is 13.8. The number of allylic oxidation sites excluding steroid dienone is 1. The largest absolute Gasteiger partial charge is 0.496 e. The van der Waals surface area contributed by atoms with Gasteiger partial charge < -0.3 is 15.2 Å². The molecule has 0 fully saturated rings. The first-order valence-corrected chi connectivity index (χ1v) is 8.84. The van der Waals surface area contributed by atoms with Crippen molar-refractivity contribution in [2.75, 3.05) is 7.11 Å². The summed E-state index contributed by atoms with van der Waals surface area (Å²) < 4.78 is 11.7. The van der Waals surface area contributed by atoms with E-state index in [-0.39, 0.29) is 11.8 Å². The maximum absolute atomic E-state index is 6.34. The molecule has 0 radical (unpaired) electrons. The quantitative estimate of drug-likeness (QED) is 0.574. The zero-order valence-corrected chi connectivity index (χ0v) is 15.1. The topological polar surface area (TPSA) is 98.9 Å². The lowest BCUT2D eigenvalue weighted by Crippen LogP contribution is -2.22. The number of para-hydroxylation sites is 1. The molecular weight excluding hydrogens is 354 g/mol. The molecule has 7 nitrogen and oxygen atoms in total. The number of aromatic nitrogens is 4. The summed E-state index contributed by atoms with van der Waals surface area (Å²) in [6, 6.07) is 20.0. The van der Waals surface area contributed by atoms with Gasteiger partial charge in [0.15, 0.2) is 5.88 Å². The summed E-state index contributed by atoms with van der Waals surface area (Å²) in [6.07, 6.45) is 0. The molecule has 1 aromatic heterocycles. The van der Waals surface area contributed by atoms with Crippen molar-refractivity contribution in [1.82, 2.24) is 20.6 Å². The summed E-state index contributed by atoms with van der Waals surface area (Å²) in [5, 5.41) is 16.7. The van der Waals surface area contributed by atoms with Crippen LogP contribution in [0, 0.1) is 0 Å². The highest BCUT2D eigenvalue weighted by molar-refractivity contribution is 5.93. The Balaban J connectivity index is 1.87. The normalized spacial score (nSPS) is 16.0. The van der Waals surface area contributed by atoms with E-state index in [1.807, 2.05) is 48.5 Å². The second kappa shape index (κ2) is 6.38. The van der Waals surface area contributed by atoms with E-state index in [9.17, 15) is 0 Å². The van der Waals surface area contributed by atoms with Gasteiger partial charge in [0, 0.05) is 11.1 Å². The fourth-order valence-electron chi connectivity index (χ4n) is 3.85. The van der Waals surface area contributed by atoms with Crippen LogP contribution in [0.15, 0.2) is 66.5 Å². The Hall–Kier alpha value is -3.87. The van der Waals surface area contributed by atoms with Crippen LogP contribution in [0.5, 0.6) is 11.5 Å². The van der Waals surface area contributed by atoms with Gasteiger partial charge in [-0.1, -0.05) is 48.5 Å². The van der Waals surface area contributed by atoms with Crippen LogP contribution in [0.25, 0.3) is 16.3 Å². The number of aromatic amines is 1. The van der Waals surface area contributed by atoms with Crippen molar-refractivity contribution in [3.63, 3.8) is 0 Å². The maximum atomic E-state index is 6.34. The lowest BCUT2D eigenvalue weighted by atomic mass is 9.80. The zero-order chi connectivity index (χ0) is 19.1. The molecule has 0 saturated heterocycles. The standard InChI is InChI=1S/C21H17N5O2/c1-27-15-9-5-4-8-14(15)18-17-13-7-3-2-6-12(13)10-11-16(17)28-20(22)19(18)21-23-25-26-24-21/h2-11,18H,22H2,1H3,(H,23,24,25,26). The van der Waals surface area contributed by atoms with Crippen LogP contribution >= 0.6 is 0 Å². The van der Waals surface area contributed by atoms with Crippen LogP contribution in [-0.2, 0) is 0 Å². The van der Waals surface area contributed by atoms with Crippen molar-refractivity contribution < 1.29 is 9.47 Å². The molecule has 28 heavy (non-hydrogen) atoms. The molecule has 2 heterocycles. The number of hydrogen-bond donors (Lipinski definition) is 2. The number of rotatable bonds is 3. The van der Waals surface area contributed by atoms with Gasteiger partial charge in [-0.3, -0.25) is 0 Å². The van der Waals surface area contributed by atoms with Crippen molar-refractivity contribution in [1.29, 1.82) is 0 Å². The van der Waals surface area contributed by atoms with Crippen LogP contribution in [0.2, 0.25) is 0 Å². The smallest absolute Gasteiger partial charge is 0.206 e. The fraction of sp³-hybridized carbons (Fsp3) is 0.0952. The van der Waals surface area contributed by atoms with Crippen molar-refractivity contribution in [2.24, 2.45) is 5.73 Å². The van der Waals surface area contributed by atoms with E-state index < -0.39 is 0 Å². The van der Waals surface area contributed by atoms with Crippen LogP contribution in [0.1, 0.15) is 22.9 Å². The van der Waals surface area contributed by atoms with Crippen molar-refractivity contribution in [3.8, 4) is 11.5 Å². The summed E-state index contributed by atoms with van der Waals surface area (Å²) in [5.74, 6) is 1.83. The minimum atomic E-state index is -0.274. The molecule has 3 N–H and O–H groups in total. The number of H-pyrrole nitrogens is 1. The van der Waals surface area contributed by atoms with E-state index in [4.69, 9.17) is 15.2 Å².